The van der Waals surface area contributed by atoms with E-state index in [0.717, 1.165) is 24.8 Å². The molecular weight excluding hydrogens is 272 g/mol. The van der Waals surface area contributed by atoms with Crippen LogP contribution in [0.3, 0.4) is 0 Å². The Labute approximate surface area is 136 Å². The van der Waals surface area contributed by atoms with E-state index in [1.165, 1.54) is 45.6 Å². The number of anilines is 1. The van der Waals surface area contributed by atoms with Crippen molar-refractivity contribution in [2.45, 2.75) is 26.7 Å². The normalized spacial score (nSPS) is 20.2. The van der Waals surface area contributed by atoms with E-state index in [0.29, 0.717) is 0 Å². The molecule has 1 aromatic heterocycles. The monoisotopic (exact) mass is 304 g/mol. The Morgan fingerprint density at radius 3 is 2.23 bits per heavy atom. The Hall–Kier alpha value is -1.13. The highest BCUT2D eigenvalue weighted by atomic mass is 15.3. The summed E-state index contributed by atoms with van der Waals surface area (Å²) in [5.74, 6) is 2.02. The molecule has 4 nitrogen and oxygen atoms in total. The summed E-state index contributed by atoms with van der Waals surface area (Å²) in [6.45, 7) is 12.8. The minimum Gasteiger partial charge on any atom is -0.354 e. The predicted octanol–water partition coefficient (Wildman–Crippen LogP) is 2.57. The van der Waals surface area contributed by atoms with E-state index in [1.54, 1.807) is 0 Å². The molecule has 0 aliphatic carbocycles. The van der Waals surface area contributed by atoms with Crippen molar-refractivity contribution in [3.63, 3.8) is 0 Å². The van der Waals surface area contributed by atoms with Crippen molar-refractivity contribution < 1.29 is 0 Å². The number of piperazine rings is 1. The zero-order chi connectivity index (χ0) is 15.8. The molecule has 3 rings (SSSR count). The lowest BCUT2D eigenvalue weighted by Crippen LogP contribution is -2.53. The fraction of sp³-hybridized carbons (Fsp3) is 0.722. The van der Waals surface area contributed by atoms with E-state index >= 15 is 0 Å². The topological polar surface area (TPSA) is 22.6 Å². The van der Waals surface area contributed by atoms with Gasteiger partial charge in [-0.1, -0.05) is 32.8 Å². The molecule has 3 heterocycles. The summed E-state index contributed by atoms with van der Waals surface area (Å²) in [6, 6.07) is 6.16. The number of pyridine rings is 1. The second-order valence-electron chi connectivity index (χ2n) is 6.56. The highest BCUT2D eigenvalue weighted by Crippen LogP contribution is 2.17. The minimum absolute atomic E-state index is 0.899. The first-order valence-corrected chi connectivity index (χ1v) is 8.79. The maximum absolute atomic E-state index is 4.43. The van der Waals surface area contributed by atoms with Gasteiger partial charge in [0.15, 0.2) is 0 Å². The number of likely N-dealkylation sites (tertiary alicyclic amines) is 1. The SMILES string of the molecule is CCCC.CN1CC(CN2CCN(c3ccccn3)CC2)C1. The van der Waals surface area contributed by atoms with E-state index in [1.807, 2.05) is 12.3 Å². The quantitative estimate of drug-likeness (QED) is 0.852. The van der Waals surface area contributed by atoms with Crippen LogP contribution < -0.4 is 4.90 Å². The van der Waals surface area contributed by atoms with Crippen LogP contribution in [0.25, 0.3) is 0 Å². The molecule has 4 heteroatoms. The molecule has 0 N–H and O–H groups in total. The molecule has 0 amide bonds. The molecule has 2 aliphatic rings. The Morgan fingerprint density at radius 2 is 1.73 bits per heavy atom. The van der Waals surface area contributed by atoms with E-state index in [4.69, 9.17) is 0 Å². The Kier molecular flexibility index (Phi) is 7.13. The third-order valence-corrected chi connectivity index (χ3v) is 4.50. The van der Waals surface area contributed by atoms with Gasteiger partial charge < -0.3 is 9.80 Å². The van der Waals surface area contributed by atoms with Crippen molar-refractivity contribution in [2.75, 3.05) is 57.8 Å². The first-order chi connectivity index (χ1) is 10.7. The van der Waals surface area contributed by atoms with Crippen molar-refractivity contribution in [3.8, 4) is 0 Å². The standard InChI is InChI=1S/C14H22N4.C4H10/c1-16-10-13(11-16)12-17-6-8-18(9-7-17)14-4-2-3-5-15-14;1-3-4-2/h2-5,13H,6-12H2,1H3;3-4H2,1-2H3. The highest BCUT2D eigenvalue weighted by molar-refractivity contribution is 5.38. The molecular formula is C18H32N4. The number of unbranched alkanes of at least 4 members (excludes halogenated alkanes) is 1. The van der Waals surface area contributed by atoms with Crippen LogP contribution in [0.2, 0.25) is 0 Å². The minimum atomic E-state index is 0.899. The zero-order valence-corrected chi connectivity index (χ0v) is 14.5. The van der Waals surface area contributed by atoms with Crippen molar-refractivity contribution in [3.05, 3.63) is 24.4 Å². The van der Waals surface area contributed by atoms with Gasteiger partial charge in [0, 0.05) is 52.0 Å². The van der Waals surface area contributed by atoms with Gasteiger partial charge in [-0.3, -0.25) is 4.90 Å². The number of hydrogen-bond donors (Lipinski definition) is 0. The van der Waals surface area contributed by atoms with E-state index in [-0.39, 0.29) is 0 Å². The van der Waals surface area contributed by atoms with Gasteiger partial charge in [0.1, 0.15) is 5.82 Å². The van der Waals surface area contributed by atoms with Crippen LogP contribution in [0.5, 0.6) is 0 Å². The molecule has 0 atom stereocenters. The third kappa shape index (κ3) is 5.25. The number of aromatic nitrogens is 1. The summed E-state index contributed by atoms with van der Waals surface area (Å²) in [5.41, 5.74) is 0. The first-order valence-electron chi connectivity index (χ1n) is 8.79. The highest BCUT2D eigenvalue weighted by Gasteiger charge is 2.27. The van der Waals surface area contributed by atoms with Gasteiger partial charge >= 0.3 is 0 Å². The van der Waals surface area contributed by atoms with E-state index < -0.39 is 0 Å². The molecule has 0 radical (unpaired) electrons. The molecule has 0 saturated carbocycles. The maximum Gasteiger partial charge on any atom is 0.128 e. The lowest BCUT2D eigenvalue weighted by molar-refractivity contribution is 0.0882. The smallest absolute Gasteiger partial charge is 0.128 e. The Balaban J connectivity index is 0.000000396. The van der Waals surface area contributed by atoms with Crippen molar-refractivity contribution in [1.29, 1.82) is 0 Å². The lowest BCUT2D eigenvalue weighted by atomic mass is 10.0. The largest absolute Gasteiger partial charge is 0.354 e. The zero-order valence-electron chi connectivity index (χ0n) is 14.5. The second-order valence-corrected chi connectivity index (χ2v) is 6.56. The molecule has 2 aliphatic heterocycles. The van der Waals surface area contributed by atoms with Crippen molar-refractivity contribution in [1.82, 2.24) is 14.8 Å². The first kappa shape index (κ1) is 17.2. The van der Waals surface area contributed by atoms with Crippen LogP contribution in [0, 0.1) is 5.92 Å². The van der Waals surface area contributed by atoms with Gasteiger partial charge in [-0.05, 0) is 25.1 Å². The summed E-state index contributed by atoms with van der Waals surface area (Å²) in [7, 11) is 2.20. The van der Waals surface area contributed by atoms with Crippen LogP contribution in [0.4, 0.5) is 5.82 Å². The average Bonchev–Trinajstić information content (AvgIpc) is 2.55. The number of nitrogens with zero attached hydrogens (tertiary/aromatic N) is 4. The predicted molar refractivity (Wildman–Crippen MR) is 94.5 cm³/mol. The maximum atomic E-state index is 4.43. The summed E-state index contributed by atoms with van der Waals surface area (Å²) < 4.78 is 0. The van der Waals surface area contributed by atoms with Gasteiger partial charge in [-0.2, -0.15) is 0 Å². The fourth-order valence-corrected chi connectivity index (χ4v) is 3.01. The molecule has 0 bridgehead atoms. The van der Waals surface area contributed by atoms with Crippen LogP contribution in [-0.4, -0.2) is 67.6 Å². The Morgan fingerprint density at radius 1 is 1.05 bits per heavy atom. The molecule has 2 fully saturated rings. The molecule has 2 saturated heterocycles. The molecule has 0 aromatic carbocycles. The number of rotatable bonds is 4. The van der Waals surface area contributed by atoms with Crippen LogP contribution in [0.15, 0.2) is 24.4 Å². The lowest BCUT2D eigenvalue weighted by Gasteiger charge is -2.42. The van der Waals surface area contributed by atoms with E-state index in [9.17, 15) is 0 Å². The van der Waals surface area contributed by atoms with Crippen molar-refractivity contribution in [2.24, 2.45) is 5.92 Å². The van der Waals surface area contributed by atoms with Gasteiger partial charge in [-0.25, -0.2) is 4.98 Å². The van der Waals surface area contributed by atoms with Crippen LogP contribution >= 0.6 is 0 Å². The summed E-state index contributed by atoms with van der Waals surface area (Å²) in [6.07, 6.45) is 4.52. The summed E-state index contributed by atoms with van der Waals surface area (Å²) in [4.78, 5) is 11.8. The third-order valence-electron chi connectivity index (χ3n) is 4.50. The fourth-order valence-electron chi connectivity index (χ4n) is 3.01. The molecule has 0 spiro atoms. The van der Waals surface area contributed by atoms with Gasteiger partial charge in [0.2, 0.25) is 0 Å². The van der Waals surface area contributed by atoms with Crippen LogP contribution in [0.1, 0.15) is 26.7 Å². The van der Waals surface area contributed by atoms with Crippen LogP contribution in [-0.2, 0) is 0 Å². The number of hydrogen-bond acceptors (Lipinski definition) is 4. The van der Waals surface area contributed by atoms with E-state index in [2.05, 4.69) is 52.7 Å². The van der Waals surface area contributed by atoms with Gasteiger partial charge in [0.25, 0.3) is 0 Å². The molecule has 0 unspecified atom stereocenters. The van der Waals surface area contributed by atoms with Gasteiger partial charge in [0.05, 0.1) is 0 Å². The Bertz CT molecular complexity index is 393. The van der Waals surface area contributed by atoms with Gasteiger partial charge in [-0.15, -0.1) is 0 Å². The molecule has 1 aromatic rings. The summed E-state index contributed by atoms with van der Waals surface area (Å²) >= 11 is 0. The van der Waals surface area contributed by atoms with Crippen molar-refractivity contribution >= 4 is 5.82 Å². The average molecular weight is 304 g/mol. The second kappa shape index (κ2) is 9.11. The molecule has 22 heavy (non-hydrogen) atoms. The molecule has 124 valence electrons. The summed E-state index contributed by atoms with van der Waals surface area (Å²) in [5, 5.41) is 0.